The van der Waals surface area contributed by atoms with Crippen LogP contribution in [-0.4, -0.2) is 23.3 Å². The van der Waals surface area contributed by atoms with Gasteiger partial charge in [-0.05, 0) is 56.3 Å². The standard InChI is InChI=1S/C22H23N5O2/c1-3-27(4-2)18-11-12-19(22(29)15-18)25-26-20-14-17(10-13-21(20)28)24-23-16-8-6-5-7-9-16/h5-15,28-29H,3-4H2,1-2H3. The lowest BCUT2D eigenvalue weighted by atomic mass is 10.2. The number of aromatic hydroxyl groups is 2. The number of hydrogen-bond donors (Lipinski definition) is 2. The maximum atomic E-state index is 10.3. The number of hydrogen-bond acceptors (Lipinski definition) is 7. The first-order valence-corrected chi connectivity index (χ1v) is 9.40. The van der Waals surface area contributed by atoms with Gasteiger partial charge in [0.1, 0.15) is 22.9 Å². The molecule has 0 aromatic heterocycles. The van der Waals surface area contributed by atoms with Crippen molar-refractivity contribution in [1.82, 2.24) is 0 Å². The Bertz CT molecular complexity index is 1010. The highest BCUT2D eigenvalue weighted by Gasteiger charge is 2.07. The topological polar surface area (TPSA) is 93.1 Å². The van der Waals surface area contributed by atoms with E-state index in [1.54, 1.807) is 24.3 Å². The van der Waals surface area contributed by atoms with Crippen LogP contribution in [-0.2, 0) is 0 Å². The average molecular weight is 389 g/mol. The van der Waals surface area contributed by atoms with E-state index in [0.717, 1.165) is 24.5 Å². The van der Waals surface area contributed by atoms with Crippen LogP contribution in [0, 0.1) is 0 Å². The fourth-order valence-corrected chi connectivity index (χ4v) is 2.75. The highest BCUT2D eigenvalue weighted by atomic mass is 16.3. The third-order valence-corrected chi connectivity index (χ3v) is 4.35. The quantitative estimate of drug-likeness (QED) is 0.436. The molecular weight excluding hydrogens is 366 g/mol. The van der Waals surface area contributed by atoms with E-state index in [9.17, 15) is 10.2 Å². The van der Waals surface area contributed by atoms with Crippen molar-refractivity contribution in [3.05, 3.63) is 66.7 Å². The van der Waals surface area contributed by atoms with Crippen LogP contribution in [0.1, 0.15) is 13.8 Å². The Hall–Kier alpha value is -3.74. The molecule has 0 bridgehead atoms. The summed E-state index contributed by atoms with van der Waals surface area (Å²) in [4.78, 5) is 2.12. The third-order valence-electron chi connectivity index (χ3n) is 4.35. The van der Waals surface area contributed by atoms with Crippen LogP contribution < -0.4 is 4.90 Å². The first kappa shape index (κ1) is 20.0. The van der Waals surface area contributed by atoms with Gasteiger partial charge in [-0.25, -0.2) is 0 Å². The third kappa shape index (κ3) is 5.16. The molecule has 0 saturated carbocycles. The van der Waals surface area contributed by atoms with E-state index in [-0.39, 0.29) is 17.2 Å². The Balaban J connectivity index is 1.81. The Morgan fingerprint density at radius 1 is 0.655 bits per heavy atom. The number of benzene rings is 3. The molecule has 3 aromatic rings. The van der Waals surface area contributed by atoms with Gasteiger partial charge in [0.15, 0.2) is 0 Å². The number of nitrogens with zero attached hydrogens (tertiary/aromatic N) is 5. The molecule has 29 heavy (non-hydrogen) atoms. The molecule has 0 unspecified atom stereocenters. The Kier molecular flexibility index (Phi) is 6.52. The summed E-state index contributed by atoms with van der Waals surface area (Å²) >= 11 is 0. The van der Waals surface area contributed by atoms with E-state index < -0.39 is 0 Å². The summed E-state index contributed by atoms with van der Waals surface area (Å²) in [7, 11) is 0. The van der Waals surface area contributed by atoms with Crippen molar-refractivity contribution in [2.24, 2.45) is 20.5 Å². The van der Waals surface area contributed by atoms with E-state index in [1.165, 1.54) is 6.07 Å². The maximum absolute atomic E-state index is 10.3. The van der Waals surface area contributed by atoms with Gasteiger partial charge in [0, 0.05) is 24.8 Å². The Labute approximate surface area is 169 Å². The van der Waals surface area contributed by atoms with Crippen molar-refractivity contribution in [2.45, 2.75) is 13.8 Å². The molecule has 0 atom stereocenters. The SMILES string of the molecule is CCN(CC)c1ccc(N=Nc2cc(N=Nc3ccccc3)ccc2O)c(O)c1. The smallest absolute Gasteiger partial charge is 0.145 e. The lowest BCUT2D eigenvalue weighted by Gasteiger charge is -2.21. The largest absolute Gasteiger partial charge is 0.506 e. The van der Waals surface area contributed by atoms with Crippen molar-refractivity contribution >= 4 is 28.4 Å². The molecule has 0 aliphatic heterocycles. The van der Waals surface area contributed by atoms with Gasteiger partial charge in [-0.15, -0.1) is 10.2 Å². The minimum Gasteiger partial charge on any atom is -0.506 e. The summed E-state index contributed by atoms with van der Waals surface area (Å²) in [5.74, 6) is -0.00998. The number of phenolic OH excluding ortho intramolecular Hbond substituents is 2. The fourth-order valence-electron chi connectivity index (χ4n) is 2.75. The molecule has 7 nitrogen and oxygen atoms in total. The molecular formula is C22H23N5O2. The molecule has 3 aromatic carbocycles. The van der Waals surface area contributed by atoms with Gasteiger partial charge < -0.3 is 15.1 Å². The number of rotatable bonds is 7. The van der Waals surface area contributed by atoms with Gasteiger partial charge in [-0.2, -0.15) is 10.2 Å². The summed E-state index contributed by atoms with van der Waals surface area (Å²) in [5.41, 5.74) is 2.72. The van der Waals surface area contributed by atoms with Gasteiger partial charge in [-0.3, -0.25) is 0 Å². The van der Waals surface area contributed by atoms with Gasteiger partial charge in [0.05, 0.1) is 11.4 Å². The van der Waals surface area contributed by atoms with Crippen LogP contribution in [0.2, 0.25) is 0 Å². The maximum Gasteiger partial charge on any atom is 0.145 e. The summed E-state index contributed by atoms with van der Waals surface area (Å²) < 4.78 is 0. The zero-order valence-corrected chi connectivity index (χ0v) is 16.4. The minimum atomic E-state index is -0.0355. The predicted molar refractivity (Wildman–Crippen MR) is 115 cm³/mol. The van der Waals surface area contributed by atoms with Crippen LogP contribution >= 0.6 is 0 Å². The van der Waals surface area contributed by atoms with E-state index in [4.69, 9.17) is 0 Å². The number of phenols is 2. The van der Waals surface area contributed by atoms with Crippen molar-refractivity contribution in [2.75, 3.05) is 18.0 Å². The molecule has 0 radical (unpaired) electrons. The molecule has 0 heterocycles. The normalized spacial score (nSPS) is 11.4. The summed E-state index contributed by atoms with van der Waals surface area (Å²) in [6.07, 6.45) is 0. The van der Waals surface area contributed by atoms with Crippen LogP contribution in [0.4, 0.5) is 28.4 Å². The van der Waals surface area contributed by atoms with Crippen molar-refractivity contribution in [3.63, 3.8) is 0 Å². The van der Waals surface area contributed by atoms with E-state index in [2.05, 4.69) is 39.2 Å². The van der Waals surface area contributed by atoms with Crippen LogP contribution in [0.3, 0.4) is 0 Å². The molecule has 0 fully saturated rings. The molecule has 0 saturated heterocycles. The van der Waals surface area contributed by atoms with Crippen molar-refractivity contribution in [3.8, 4) is 11.5 Å². The summed E-state index contributed by atoms with van der Waals surface area (Å²) in [6, 6.07) is 19.3. The molecule has 0 amide bonds. The molecule has 0 aliphatic carbocycles. The zero-order chi connectivity index (χ0) is 20.6. The van der Waals surface area contributed by atoms with Crippen molar-refractivity contribution < 1.29 is 10.2 Å². The highest BCUT2D eigenvalue weighted by Crippen LogP contribution is 2.36. The lowest BCUT2D eigenvalue weighted by molar-refractivity contribution is 0.474. The van der Waals surface area contributed by atoms with Gasteiger partial charge in [-0.1, -0.05) is 18.2 Å². The monoisotopic (exact) mass is 389 g/mol. The fraction of sp³-hybridized carbons (Fsp3) is 0.182. The minimum absolute atomic E-state index is 0.0255. The Morgan fingerprint density at radius 2 is 1.34 bits per heavy atom. The highest BCUT2D eigenvalue weighted by molar-refractivity contribution is 5.62. The molecule has 0 spiro atoms. The van der Waals surface area contributed by atoms with Crippen molar-refractivity contribution in [1.29, 1.82) is 0 Å². The Morgan fingerprint density at radius 3 is 2.03 bits per heavy atom. The molecule has 148 valence electrons. The van der Waals surface area contributed by atoms with Gasteiger partial charge >= 0.3 is 0 Å². The van der Waals surface area contributed by atoms with E-state index in [0.29, 0.717) is 11.4 Å². The lowest BCUT2D eigenvalue weighted by Crippen LogP contribution is -2.21. The molecule has 7 heteroatoms. The number of anilines is 1. The average Bonchev–Trinajstić information content (AvgIpc) is 2.75. The van der Waals surface area contributed by atoms with E-state index >= 15 is 0 Å². The molecule has 2 N–H and O–H groups in total. The zero-order valence-electron chi connectivity index (χ0n) is 16.4. The second kappa shape index (κ2) is 9.45. The van der Waals surface area contributed by atoms with Crippen LogP contribution in [0.25, 0.3) is 0 Å². The first-order chi connectivity index (χ1) is 14.1. The second-order valence-corrected chi connectivity index (χ2v) is 6.25. The predicted octanol–water partition coefficient (Wildman–Crippen LogP) is 6.77. The molecule has 3 rings (SSSR count). The van der Waals surface area contributed by atoms with Gasteiger partial charge in [0.25, 0.3) is 0 Å². The van der Waals surface area contributed by atoms with Crippen LogP contribution in [0.5, 0.6) is 11.5 Å². The summed E-state index contributed by atoms with van der Waals surface area (Å²) in [5, 5.41) is 36.8. The number of azo groups is 2. The second-order valence-electron chi connectivity index (χ2n) is 6.25. The summed E-state index contributed by atoms with van der Waals surface area (Å²) in [6.45, 7) is 5.79. The van der Waals surface area contributed by atoms with Gasteiger partial charge in [0.2, 0.25) is 0 Å². The molecule has 0 aliphatic rings. The van der Waals surface area contributed by atoms with E-state index in [1.807, 2.05) is 36.4 Å². The first-order valence-electron chi connectivity index (χ1n) is 9.40. The van der Waals surface area contributed by atoms with Crippen LogP contribution in [0.15, 0.2) is 87.2 Å².